The average molecular weight is 186 g/mol. The van der Waals surface area contributed by atoms with Crippen molar-refractivity contribution in [3.63, 3.8) is 0 Å². The van der Waals surface area contributed by atoms with E-state index in [-0.39, 0.29) is 12.0 Å². The van der Waals surface area contributed by atoms with Crippen LogP contribution >= 0.6 is 0 Å². The third-order valence-corrected chi connectivity index (χ3v) is 2.01. The first kappa shape index (κ1) is 9.79. The highest BCUT2D eigenvalue weighted by molar-refractivity contribution is 5.76. The molecule has 1 aliphatic heterocycles. The Labute approximate surface area is 76.0 Å². The molecule has 2 atom stereocenters. The van der Waals surface area contributed by atoms with E-state index < -0.39 is 12.0 Å². The summed E-state index contributed by atoms with van der Waals surface area (Å²) in [5.41, 5.74) is 10.4. The highest BCUT2D eigenvalue weighted by Crippen LogP contribution is 2.11. The van der Waals surface area contributed by atoms with Crippen molar-refractivity contribution in [2.75, 3.05) is 6.54 Å². The van der Waals surface area contributed by atoms with Crippen molar-refractivity contribution in [1.82, 2.24) is 5.32 Å². The molecule has 0 amide bonds. The third kappa shape index (κ3) is 2.90. The van der Waals surface area contributed by atoms with Gasteiger partial charge in [-0.3, -0.25) is 9.79 Å². The second-order valence-corrected chi connectivity index (χ2v) is 3.08. The van der Waals surface area contributed by atoms with Gasteiger partial charge in [0.2, 0.25) is 0 Å². The van der Waals surface area contributed by atoms with Gasteiger partial charge in [-0.1, -0.05) is 0 Å². The minimum Gasteiger partial charge on any atom is -0.480 e. The fraction of sp³-hybridized carbons (Fsp3) is 0.714. The predicted molar refractivity (Wildman–Crippen MR) is 48.3 cm³/mol. The molecule has 0 aromatic rings. The number of nitrogens with one attached hydrogen (secondary N) is 1. The predicted octanol–water partition coefficient (Wildman–Crippen LogP) is -1.53. The number of nitrogens with zero attached hydrogens (tertiary/aromatic N) is 1. The Morgan fingerprint density at radius 1 is 1.54 bits per heavy atom. The Morgan fingerprint density at radius 3 is 2.77 bits per heavy atom. The van der Waals surface area contributed by atoms with Crippen LogP contribution in [0.25, 0.3) is 0 Å². The molecule has 1 saturated heterocycles. The molecule has 0 bridgehead atoms. The number of aliphatic imine (C=N–C) groups is 1. The molecule has 1 rings (SSSR count). The van der Waals surface area contributed by atoms with Crippen LogP contribution in [0.2, 0.25) is 0 Å². The van der Waals surface area contributed by atoms with E-state index in [0.29, 0.717) is 13.0 Å². The van der Waals surface area contributed by atoms with Gasteiger partial charge in [-0.05, 0) is 19.4 Å². The van der Waals surface area contributed by atoms with Gasteiger partial charge in [-0.25, -0.2) is 0 Å². The van der Waals surface area contributed by atoms with Crippen molar-refractivity contribution < 1.29 is 9.90 Å². The number of carboxylic acids is 1. The van der Waals surface area contributed by atoms with Crippen LogP contribution in [0.1, 0.15) is 12.8 Å². The lowest BCUT2D eigenvalue weighted by atomic mass is 10.0. The highest BCUT2D eigenvalue weighted by Gasteiger charge is 2.25. The number of carboxylic acid groups (broad SMARTS) is 1. The Kier molecular flexibility index (Phi) is 3.07. The topological polar surface area (TPSA) is 114 Å². The Balaban J connectivity index is 2.51. The smallest absolute Gasteiger partial charge is 0.320 e. The second kappa shape index (κ2) is 4.08. The molecule has 0 aromatic carbocycles. The van der Waals surface area contributed by atoms with Gasteiger partial charge in [0.25, 0.3) is 0 Å². The van der Waals surface area contributed by atoms with E-state index in [4.69, 9.17) is 16.6 Å². The molecular formula is C7H14N4O2. The zero-order valence-corrected chi connectivity index (χ0v) is 7.23. The first-order chi connectivity index (χ1) is 6.09. The molecule has 1 heterocycles. The van der Waals surface area contributed by atoms with Crippen molar-refractivity contribution in [2.24, 2.45) is 16.5 Å². The molecule has 6 heteroatoms. The summed E-state index contributed by atoms with van der Waals surface area (Å²) in [5.74, 6) is -0.827. The van der Waals surface area contributed by atoms with Gasteiger partial charge in [-0.15, -0.1) is 0 Å². The fourth-order valence-electron chi connectivity index (χ4n) is 1.41. The van der Waals surface area contributed by atoms with Gasteiger partial charge in [-0.2, -0.15) is 0 Å². The second-order valence-electron chi connectivity index (χ2n) is 3.08. The molecule has 0 aliphatic carbocycles. The Hall–Kier alpha value is -1.30. The SMILES string of the molecule is NC(N)=NC1CCNC(C(=O)O)C1. The largest absolute Gasteiger partial charge is 0.480 e. The third-order valence-electron chi connectivity index (χ3n) is 2.01. The average Bonchev–Trinajstić information content (AvgIpc) is 2.03. The minimum atomic E-state index is -0.851. The molecule has 2 unspecified atom stereocenters. The molecule has 6 N–H and O–H groups in total. The summed E-state index contributed by atoms with van der Waals surface area (Å²) < 4.78 is 0. The van der Waals surface area contributed by atoms with E-state index >= 15 is 0 Å². The van der Waals surface area contributed by atoms with E-state index in [9.17, 15) is 4.79 Å². The van der Waals surface area contributed by atoms with Crippen molar-refractivity contribution in [3.8, 4) is 0 Å². The quantitative estimate of drug-likeness (QED) is 0.308. The van der Waals surface area contributed by atoms with Gasteiger partial charge in [0.1, 0.15) is 6.04 Å². The monoisotopic (exact) mass is 186 g/mol. The lowest BCUT2D eigenvalue weighted by Gasteiger charge is -2.25. The summed E-state index contributed by atoms with van der Waals surface area (Å²) in [4.78, 5) is 14.6. The van der Waals surface area contributed by atoms with Crippen molar-refractivity contribution in [2.45, 2.75) is 24.9 Å². The van der Waals surface area contributed by atoms with Crippen molar-refractivity contribution >= 4 is 11.9 Å². The van der Waals surface area contributed by atoms with Crippen LogP contribution in [0.3, 0.4) is 0 Å². The zero-order valence-electron chi connectivity index (χ0n) is 7.23. The van der Waals surface area contributed by atoms with Crippen LogP contribution in [0.5, 0.6) is 0 Å². The Bertz CT molecular complexity index is 225. The molecule has 0 spiro atoms. The molecule has 1 fully saturated rings. The summed E-state index contributed by atoms with van der Waals surface area (Å²) in [6, 6.07) is -0.589. The maximum absolute atomic E-state index is 10.6. The number of rotatable bonds is 2. The van der Waals surface area contributed by atoms with Crippen molar-refractivity contribution in [3.05, 3.63) is 0 Å². The van der Waals surface area contributed by atoms with E-state index in [1.165, 1.54) is 0 Å². The van der Waals surface area contributed by atoms with Gasteiger partial charge in [0.05, 0.1) is 6.04 Å². The van der Waals surface area contributed by atoms with Crippen LogP contribution in [-0.2, 0) is 4.79 Å². The number of hydrogen-bond donors (Lipinski definition) is 4. The van der Waals surface area contributed by atoms with Crippen LogP contribution in [-0.4, -0.2) is 35.7 Å². The first-order valence-corrected chi connectivity index (χ1v) is 4.14. The number of guanidine groups is 1. The highest BCUT2D eigenvalue weighted by atomic mass is 16.4. The maximum atomic E-state index is 10.6. The van der Waals surface area contributed by atoms with Crippen LogP contribution in [0, 0.1) is 0 Å². The molecule has 0 saturated carbocycles. The lowest BCUT2D eigenvalue weighted by molar-refractivity contribution is -0.140. The fourth-order valence-corrected chi connectivity index (χ4v) is 1.41. The molecule has 1 aliphatic rings. The summed E-state index contributed by atoms with van der Waals surface area (Å²) in [6.45, 7) is 0.637. The van der Waals surface area contributed by atoms with E-state index in [2.05, 4.69) is 10.3 Å². The van der Waals surface area contributed by atoms with Gasteiger partial charge < -0.3 is 21.9 Å². The van der Waals surface area contributed by atoms with Crippen LogP contribution < -0.4 is 16.8 Å². The van der Waals surface area contributed by atoms with Gasteiger partial charge >= 0.3 is 5.97 Å². The number of hydrogen-bond acceptors (Lipinski definition) is 3. The molecule has 13 heavy (non-hydrogen) atoms. The van der Waals surface area contributed by atoms with Crippen LogP contribution in [0.4, 0.5) is 0 Å². The van der Waals surface area contributed by atoms with Crippen LogP contribution in [0.15, 0.2) is 4.99 Å². The number of aliphatic carboxylic acids is 1. The number of nitrogens with two attached hydrogens (primary N) is 2. The van der Waals surface area contributed by atoms with Gasteiger partial charge in [0, 0.05) is 0 Å². The van der Waals surface area contributed by atoms with E-state index in [0.717, 1.165) is 6.42 Å². The van der Waals surface area contributed by atoms with E-state index in [1.54, 1.807) is 0 Å². The van der Waals surface area contributed by atoms with Gasteiger partial charge in [0.15, 0.2) is 5.96 Å². The summed E-state index contributed by atoms with van der Waals surface area (Å²) in [5, 5.41) is 11.6. The molecule has 0 aromatic heterocycles. The summed E-state index contributed by atoms with van der Waals surface area (Å²) in [6.07, 6.45) is 1.23. The normalized spacial score (nSPS) is 28.0. The lowest BCUT2D eigenvalue weighted by Crippen LogP contribution is -2.45. The maximum Gasteiger partial charge on any atom is 0.320 e. The zero-order chi connectivity index (χ0) is 9.84. The minimum absolute atomic E-state index is 0.0241. The van der Waals surface area contributed by atoms with E-state index in [1.807, 2.05) is 0 Å². The summed E-state index contributed by atoms with van der Waals surface area (Å²) in [7, 11) is 0. The molecule has 74 valence electrons. The Morgan fingerprint density at radius 2 is 2.23 bits per heavy atom. The number of carbonyl (C=O) groups is 1. The standard InChI is InChI=1S/C7H14N4O2/c8-7(9)11-4-1-2-10-5(3-4)6(12)13/h4-5,10H,1-3H2,(H,12,13)(H4,8,9,11). The number of piperidine rings is 1. The molecular weight excluding hydrogens is 172 g/mol. The summed E-state index contributed by atoms with van der Waals surface area (Å²) >= 11 is 0. The molecule has 0 radical (unpaired) electrons. The first-order valence-electron chi connectivity index (χ1n) is 4.14. The van der Waals surface area contributed by atoms with Crippen molar-refractivity contribution in [1.29, 1.82) is 0 Å². The molecule has 6 nitrogen and oxygen atoms in total.